The summed E-state index contributed by atoms with van der Waals surface area (Å²) in [4.78, 5) is 6.66. The molecule has 7 heteroatoms. The number of alkyl halides is 2. The molecule has 0 aliphatic rings. The Hall–Kier alpha value is -0.750. The summed E-state index contributed by atoms with van der Waals surface area (Å²) in [7, 11) is 0. The Morgan fingerprint density at radius 2 is 1.68 bits per heavy atom. The van der Waals surface area contributed by atoms with Gasteiger partial charge in [0, 0.05) is 36.8 Å². The molecule has 0 aliphatic carbocycles. The third kappa shape index (κ3) is 5.61. The van der Waals surface area contributed by atoms with Crippen LogP contribution in [0.4, 0.5) is 11.4 Å². The van der Waals surface area contributed by atoms with Gasteiger partial charge >= 0.3 is 0 Å². The maximum Gasteiger partial charge on any atom is 0.144 e. The van der Waals surface area contributed by atoms with Gasteiger partial charge in [-0.15, -0.1) is 23.2 Å². The molecule has 2 rings (SSSR count). The van der Waals surface area contributed by atoms with Crippen LogP contribution >= 0.6 is 55.1 Å². The topological polar surface area (TPSA) is 35.8 Å². The van der Waals surface area contributed by atoms with Crippen LogP contribution in [0, 0.1) is 6.92 Å². The van der Waals surface area contributed by atoms with E-state index < -0.39 is 0 Å². The van der Waals surface area contributed by atoms with Crippen molar-refractivity contribution >= 4 is 72.7 Å². The number of aryl methyl sites for hydroxylation is 1. The Morgan fingerprint density at radius 3 is 2.20 bits per heavy atom. The van der Waals surface area contributed by atoms with Crippen molar-refractivity contribution in [1.82, 2.24) is 0 Å². The van der Waals surface area contributed by atoms with Crippen molar-refractivity contribution in [2.24, 2.45) is 4.99 Å². The molecule has 0 atom stereocenters. The molecule has 0 spiro atoms. The zero-order valence-corrected chi connectivity index (χ0v) is 18.3. The minimum atomic E-state index is 0.165. The minimum absolute atomic E-state index is 0.165. The lowest BCUT2D eigenvalue weighted by atomic mass is 10.1. The van der Waals surface area contributed by atoms with Gasteiger partial charge in [-0.3, -0.25) is 4.99 Å². The zero-order chi connectivity index (χ0) is 18.4. The van der Waals surface area contributed by atoms with E-state index in [1.165, 1.54) is 0 Å². The summed E-state index contributed by atoms with van der Waals surface area (Å²) in [5.74, 6) is 1.28. The summed E-state index contributed by atoms with van der Waals surface area (Å²) in [5, 5.41) is 9.76. The van der Waals surface area contributed by atoms with Crippen LogP contribution in [0.3, 0.4) is 0 Å². The lowest BCUT2D eigenvalue weighted by Gasteiger charge is -2.23. The Kier molecular flexibility index (Phi) is 8.07. The lowest BCUT2D eigenvalue weighted by Crippen LogP contribution is -2.27. The summed E-state index contributed by atoms with van der Waals surface area (Å²) < 4.78 is 1.19. The van der Waals surface area contributed by atoms with Crippen LogP contribution in [0.15, 0.2) is 44.3 Å². The van der Waals surface area contributed by atoms with E-state index in [-0.39, 0.29) is 5.75 Å². The van der Waals surface area contributed by atoms with Crippen LogP contribution in [-0.2, 0) is 0 Å². The van der Waals surface area contributed by atoms with Crippen molar-refractivity contribution in [3.63, 3.8) is 0 Å². The average Bonchev–Trinajstić information content (AvgIpc) is 2.58. The maximum absolute atomic E-state index is 9.76. The van der Waals surface area contributed by atoms with Crippen LogP contribution < -0.4 is 4.90 Å². The average molecular weight is 509 g/mol. The Labute approximate surface area is 174 Å². The fourth-order valence-electron chi connectivity index (χ4n) is 2.35. The van der Waals surface area contributed by atoms with Crippen LogP contribution in [0.5, 0.6) is 5.75 Å². The van der Waals surface area contributed by atoms with E-state index in [0.717, 1.165) is 35.6 Å². The molecule has 3 nitrogen and oxygen atoms in total. The summed E-state index contributed by atoms with van der Waals surface area (Å²) >= 11 is 18.4. The second-order valence-electron chi connectivity index (χ2n) is 5.42. The predicted molar refractivity (Wildman–Crippen MR) is 116 cm³/mol. The van der Waals surface area contributed by atoms with Crippen molar-refractivity contribution in [2.45, 2.75) is 6.92 Å². The molecular formula is C18H18Br2Cl2N2O. The van der Waals surface area contributed by atoms with Gasteiger partial charge in [0.05, 0.1) is 14.6 Å². The Bertz CT molecular complexity index is 740. The first kappa shape index (κ1) is 20.6. The van der Waals surface area contributed by atoms with Gasteiger partial charge in [0.2, 0.25) is 0 Å². The third-order valence-electron chi connectivity index (χ3n) is 3.68. The first-order valence-corrected chi connectivity index (χ1v) is 10.3. The molecule has 0 saturated heterocycles. The predicted octanol–water partition coefficient (Wildman–Crippen LogP) is 6.26. The summed E-state index contributed by atoms with van der Waals surface area (Å²) in [6, 6.07) is 9.74. The van der Waals surface area contributed by atoms with Crippen LogP contribution in [0.25, 0.3) is 0 Å². The largest absolute Gasteiger partial charge is 0.506 e. The van der Waals surface area contributed by atoms with E-state index in [1.807, 2.05) is 19.2 Å². The van der Waals surface area contributed by atoms with E-state index in [2.05, 4.69) is 53.9 Å². The summed E-state index contributed by atoms with van der Waals surface area (Å²) in [6.45, 7) is 3.57. The van der Waals surface area contributed by atoms with Gasteiger partial charge in [0.25, 0.3) is 0 Å². The number of anilines is 1. The molecule has 25 heavy (non-hydrogen) atoms. The molecule has 0 heterocycles. The second kappa shape index (κ2) is 9.81. The number of phenolic OH excluding ortho intramolecular Hbond substituents is 1. The van der Waals surface area contributed by atoms with Crippen molar-refractivity contribution in [1.29, 1.82) is 0 Å². The second-order valence-corrected chi connectivity index (χ2v) is 7.89. The third-order valence-corrected chi connectivity index (χ3v) is 5.23. The van der Waals surface area contributed by atoms with Gasteiger partial charge in [-0.05, 0) is 74.2 Å². The molecule has 0 amide bonds. The fourth-order valence-corrected chi connectivity index (χ4v) is 3.92. The number of halogens is 4. The highest BCUT2D eigenvalue weighted by Gasteiger charge is 2.08. The van der Waals surface area contributed by atoms with E-state index in [9.17, 15) is 5.11 Å². The van der Waals surface area contributed by atoms with Crippen molar-refractivity contribution < 1.29 is 5.11 Å². The lowest BCUT2D eigenvalue weighted by molar-refractivity contribution is 0.468. The molecule has 2 aromatic rings. The number of benzene rings is 2. The molecule has 0 unspecified atom stereocenters. The quantitative estimate of drug-likeness (QED) is 0.354. The van der Waals surface area contributed by atoms with E-state index >= 15 is 0 Å². The molecule has 1 N–H and O–H groups in total. The highest BCUT2D eigenvalue weighted by atomic mass is 79.9. The highest BCUT2D eigenvalue weighted by molar-refractivity contribution is 9.11. The van der Waals surface area contributed by atoms with E-state index in [0.29, 0.717) is 20.7 Å². The molecule has 0 bridgehead atoms. The number of rotatable bonds is 7. The van der Waals surface area contributed by atoms with Crippen molar-refractivity contribution in [3.05, 3.63) is 50.4 Å². The molecule has 2 aromatic carbocycles. The number of phenols is 1. The molecule has 134 valence electrons. The summed E-state index contributed by atoms with van der Waals surface area (Å²) in [5.41, 5.74) is 3.99. The number of hydrogen-bond donors (Lipinski definition) is 1. The first-order valence-electron chi connectivity index (χ1n) is 7.66. The Balaban J connectivity index is 2.23. The highest BCUT2D eigenvalue weighted by Crippen LogP contribution is 2.36. The van der Waals surface area contributed by atoms with Crippen LogP contribution in [0.2, 0.25) is 0 Å². The van der Waals surface area contributed by atoms with E-state index in [1.54, 1.807) is 12.1 Å². The molecule has 0 aliphatic heterocycles. The van der Waals surface area contributed by atoms with Crippen molar-refractivity contribution in [2.75, 3.05) is 29.7 Å². The molecule has 0 aromatic heterocycles. The van der Waals surface area contributed by atoms with Crippen LogP contribution in [0.1, 0.15) is 11.1 Å². The van der Waals surface area contributed by atoms with Gasteiger partial charge in [-0.2, -0.15) is 0 Å². The standard InChI is InChI=1S/C18H18Br2Cl2N2O/c1-12-8-15(24(6-4-21)7-5-22)3-2-13(12)11-23-14-9-16(19)18(25)17(20)10-14/h2-3,8-11,25H,4-7H2,1H3. The number of aromatic hydroxyl groups is 1. The number of aliphatic imine (C=N–C) groups is 1. The Morgan fingerprint density at radius 1 is 1.08 bits per heavy atom. The van der Waals surface area contributed by atoms with Gasteiger partial charge in [-0.1, -0.05) is 6.07 Å². The molecule has 0 radical (unpaired) electrons. The monoisotopic (exact) mass is 506 g/mol. The van der Waals surface area contributed by atoms with Gasteiger partial charge in [0.1, 0.15) is 5.75 Å². The normalized spacial score (nSPS) is 11.2. The smallest absolute Gasteiger partial charge is 0.144 e. The SMILES string of the molecule is Cc1cc(N(CCCl)CCCl)ccc1C=Nc1cc(Br)c(O)c(Br)c1. The number of hydrogen-bond acceptors (Lipinski definition) is 3. The minimum Gasteiger partial charge on any atom is -0.506 e. The molecule has 0 fully saturated rings. The van der Waals surface area contributed by atoms with Crippen molar-refractivity contribution in [3.8, 4) is 5.75 Å². The maximum atomic E-state index is 9.76. The van der Waals surface area contributed by atoms with Gasteiger partial charge in [0.15, 0.2) is 0 Å². The van der Waals surface area contributed by atoms with Crippen LogP contribution in [-0.4, -0.2) is 36.2 Å². The molecular weight excluding hydrogens is 491 g/mol. The first-order chi connectivity index (χ1) is 12.0. The summed E-state index contributed by atoms with van der Waals surface area (Å²) in [6.07, 6.45) is 1.82. The van der Waals surface area contributed by atoms with Gasteiger partial charge in [-0.25, -0.2) is 0 Å². The zero-order valence-electron chi connectivity index (χ0n) is 13.6. The van der Waals surface area contributed by atoms with Gasteiger partial charge < -0.3 is 10.0 Å². The molecule has 0 saturated carbocycles. The number of nitrogens with zero attached hydrogens (tertiary/aromatic N) is 2. The fraction of sp³-hybridized carbons (Fsp3) is 0.278. The van der Waals surface area contributed by atoms with E-state index in [4.69, 9.17) is 23.2 Å².